The van der Waals surface area contributed by atoms with E-state index in [1.54, 1.807) is 42.7 Å². The number of carboxylic acids is 1. The molecule has 1 saturated heterocycles. The number of rotatable bonds is 11. The molecule has 0 radical (unpaired) electrons. The molecule has 3 aromatic heterocycles. The summed E-state index contributed by atoms with van der Waals surface area (Å²) in [5.74, 6) is 0.998. The standard InChI is InChI=1S/C29H30Cl2N6O3.C17H12Cl2N2O4/c1-17(2)36-11-13-37(14-12-36)23-8-5-18(16-34-23)35-29(38)20-7-6-19(27-28(20)33-10-9-32-27)24-25(30)21(39-3)15-22(40-4)26(24)31;1-24-10-7-11(25-2)14(19)12(13(10)18)8-3-4-9(17(22)23)16-15(8)20-5-6-21-16/h5-10,15-17H,11-14H2,1-4H3,(H,35,38);3-7H,1-2H3,(H,22,23). The topological polar surface area (TPSA) is 174 Å². The zero-order valence-corrected chi connectivity index (χ0v) is 39.0. The molecule has 336 valence electrons. The number of aromatic nitrogens is 5. The molecule has 1 aliphatic rings. The van der Waals surface area contributed by atoms with Crippen molar-refractivity contribution in [2.24, 2.45) is 0 Å². The molecule has 0 spiro atoms. The molecule has 15 nitrogen and oxygen atoms in total. The average molecular weight is 961 g/mol. The molecule has 2 N–H and O–H groups in total. The third-order valence-corrected chi connectivity index (χ3v) is 12.3. The van der Waals surface area contributed by atoms with E-state index in [9.17, 15) is 14.7 Å². The van der Waals surface area contributed by atoms with Crippen LogP contribution in [0.2, 0.25) is 20.1 Å². The Hall–Kier alpha value is -6.23. The number of nitrogens with zero attached hydrogens (tertiary/aromatic N) is 7. The van der Waals surface area contributed by atoms with Gasteiger partial charge in [-0.2, -0.15) is 0 Å². The Morgan fingerprint density at radius 1 is 0.600 bits per heavy atom. The number of nitrogens with one attached hydrogen (secondary N) is 1. The zero-order chi connectivity index (χ0) is 46.5. The number of methoxy groups -OCH3 is 4. The second-order valence-electron chi connectivity index (χ2n) is 14.7. The summed E-state index contributed by atoms with van der Waals surface area (Å²) in [5, 5.41) is 13.4. The molecule has 8 rings (SSSR count). The second-order valence-corrected chi connectivity index (χ2v) is 16.2. The van der Waals surface area contributed by atoms with Crippen LogP contribution < -0.4 is 29.2 Å². The van der Waals surface area contributed by atoms with Gasteiger partial charge < -0.3 is 34.3 Å². The lowest BCUT2D eigenvalue weighted by molar-refractivity contribution is 0.0698. The highest BCUT2D eigenvalue weighted by Gasteiger charge is 2.26. The van der Waals surface area contributed by atoms with Gasteiger partial charge >= 0.3 is 5.97 Å². The van der Waals surface area contributed by atoms with Gasteiger partial charge in [0.25, 0.3) is 5.91 Å². The lowest BCUT2D eigenvalue weighted by Gasteiger charge is -2.37. The fraction of sp³-hybridized carbons (Fsp3) is 0.239. The number of carbonyl (C=O) groups is 2. The van der Waals surface area contributed by atoms with E-state index in [4.69, 9.17) is 65.4 Å². The minimum Gasteiger partial charge on any atom is -0.495 e. The first-order valence-corrected chi connectivity index (χ1v) is 21.5. The van der Waals surface area contributed by atoms with Crippen LogP contribution in [0.15, 0.2) is 79.5 Å². The van der Waals surface area contributed by atoms with Crippen LogP contribution in [0.25, 0.3) is 44.3 Å². The van der Waals surface area contributed by atoms with Gasteiger partial charge in [0.2, 0.25) is 0 Å². The number of amides is 1. The number of ether oxygens (including phenoxy) is 4. The summed E-state index contributed by atoms with van der Waals surface area (Å²) in [4.78, 5) is 51.5. The number of fused-ring (bicyclic) bond motifs is 2. The van der Waals surface area contributed by atoms with Crippen molar-refractivity contribution in [3.8, 4) is 45.3 Å². The summed E-state index contributed by atoms with van der Waals surface area (Å²) in [6, 6.07) is 14.0. The van der Waals surface area contributed by atoms with Crippen molar-refractivity contribution >= 4 is 91.9 Å². The highest BCUT2D eigenvalue weighted by atomic mass is 35.5. The number of pyridine rings is 1. The average Bonchev–Trinajstić information content (AvgIpc) is 3.32. The highest BCUT2D eigenvalue weighted by molar-refractivity contribution is 6.42. The molecule has 4 aromatic carbocycles. The van der Waals surface area contributed by atoms with E-state index in [-0.39, 0.29) is 27.0 Å². The van der Waals surface area contributed by atoms with E-state index in [0.717, 1.165) is 32.0 Å². The number of hydrogen-bond donors (Lipinski definition) is 2. The predicted molar refractivity (Wildman–Crippen MR) is 254 cm³/mol. The Bertz CT molecular complexity index is 2860. The minimum atomic E-state index is -1.10. The molecule has 7 aromatic rings. The number of carbonyl (C=O) groups excluding carboxylic acids is 1. The quantitative estimate of drug-likeness (QED) is 0.125. The molecule has 1 fully saturated rings. The molecule has 0 atom stereocenters. The normalized spacial score (nSPS) is 12.8. The van der Waals surface area contributed by atoms with Crippen LogP contribution in [0.3, 0.4) is 0 Å². The van der Waals surface area contributed by atoms with Gasteiger partial charge in [-0.1, -0.05) is 58.5 Å². The number of carboxylic acid groups (broad SMARTS) is 1. The minimum absolute atomic E-state index is 0.0361. The number of hydrogen-bond acceptors (Lipinski definition) is 13. The van der Waals surface area contributed by atoms with Gasteiger partial charge in [-0.05, 0) is 38.1 Å². The van der Waals surface area contributed by atoms with Crippen LogP contribution in [0.5, 0.6) is 23.0 Å². The number of halogens is 4. The largest absolute Gasteiger partial charge is 0.495 e. The van der Waals surface area contributed by atoms with E-state index in [2.05, 4.69) is 53.9 Å². The third-order valence-electron chi connectivity index (χ3n) is 10.8. The van der Waals surface area contributed by atoms with Gasteiger partial charge in [-0.25, -0.2) is 9.78 Å². The van der Waals surface area contributed by atoms with Crippen molar-refractivity contribution in [2.45, 2.75) is 19.9 Å². The van der Waals surface area contributed by atoms with Gasteiger partial charge in [0.15, 0.2) is 0 Å². The molecule has 0 aliphatic carbocycles. The fourth-order valence-electron chi connectivity index (χ4n) is 7.43. The Labute approximate surface area is 394 Å². The third kappa shape index (κ3) is 9.47. The molecule has 0 bridgehead atoms. The number of piperazine rings is 1. The molecule has 1 amide bonds. The second kappa shape index (κ2) is 20.3. The van der Waals surface area contributed by atoms with Crippen molar-refractivity contribution in [3.63, 3.8) is 0 Å². The van der Waals surface area contributed by atoms with Crippen molar-refractivity contribution < 1.29 is 33.6 Å². The van der Waals surface area contributed by atoms with E-state index in [1.165, 1.54) is 53.1 Å². The molecule has 19 heteroatoms. The monoisotopic (exact) mass is 958 g/mol. The Morgan fingerprint density at radius 2 is 1.03 bits per heavy atom. The fourth-order valence-corrected chi connectivity index (χ4v) is 8.84. The van der Waals surface area contributed by atoms with Gasteiger partial charge in [-0.3, -0.25) is 29.6 Å². The smallest absolute Gasteiger partial charge is 0.337 e. The molecular weight excluding hydrogens is 918 g/mol. The first-order valence-electron chi connectivity index (χ1n) is 20.0. The highest BCUT2D eigenvalue weighted by Crippen LogP contribution is 2.49. The van der Waals surface area contributed by atoms with Crippen molar-refractivity contribution in [1.29, 1.82) is 0 Å². The molecule has 65 heavy (non-hydrogen) atoms. The van der Waals surface area contributed by atoms with E-state index < -0.39 is 5.97 Å². The van der Waals surface area contributed by atoms with Crippen molar-refractivity contribution in [2.75, 3.05) is 64.8 Å². The Balaban J connectivity index is 0.000000216. The van der Waals surface area contributed by atoms with Gasteiger partial charge in [0.1, 0.15) is 39.8 Å². The van der Waals surface area contributed by atoms with Crippen LogP contribution in [0.1, 0.15) is 34.6 Å². The lowest BCUT2D eigenvalue weighted by atomic mass is 9.99. The Kier molecular flexibility index (Phi) is 14.6. The maximum atomic E-state index is 13.4. The summed E-state index contributed by atoms with van der Waals surface area (Å²) in [5.41, 5.74) is 4.46. The van der Waals surface area contributed by atoms with Crippen LogP contribution in [-0.2, 0) is 0 Å². The summed E-state index contributed by atoms with van der Waals surface area (Å²) >= 11 is 26.2. The molecule has 0 unspecified atom stereocenters. The Morgan fingerprint density at radius 3 is 1.43 bits per heavy atom. The summed E-state index contributed by atoms with van der Waals surface area (Å²) in [7, 11) is 5.98. The van der Waals surface area contributed by atoms with Crippen LogP contribution >= 0.6 is 46.4 Å². The van der Waals surface area contributed by atoms with Crippen LogP contribution in [0.4, 0.5) is 11.5 Å². The number of benzene rings is 4. The lowest BCUT2D eigenvalue weighted by Crippen LogP contribution is -2.49. The van der Waals surface area contributed by atoms with Crippen LogP contribution in [-0.4, -0.2) is 107 Å². The first kappa shape index (κ1) is 46.8. The number of anilines is 2. The maximum Gasteiger partial charge on any atom is 0.337 e. The van der Waals surface area contributed by atoms with E-state index >= 15 is 0 Å². The maximum absolute atomic E-state index is 13.4. The SMILES string of the molecule is COc1cc(OC)c(Cl)c(-c2ccc(C(=O)Nc3ccc(N4CCN(C(C)C)CC4)nc3)c3nccnc23)c1Cl.COc1cc(OC)c(Cl)c(-c2ccc(C(=O)O)c3nccnc23)c1Cl. The predicted octanol–water partition coefficient (Wildman–Crippen LogP) is 10.1. The van der Waals surface area contributed by atoms with Gasteiger partial charge in [-0.15, -0.1) is 0 Å². The summed E-state index contributed by atoms with van der Waals surface area (Å²) in [6.45, 7) is 8.27. The summed E-state index contributed by atoms with van der Waals surface area (Å²) in [6.07, 6.45) is 7.65. The first-order chi connectivity index (χ1) is 31.3. The molecular formula is C46H42Cl4N8O7. The van der Waals surface area contributed by atoms with Crippen molar-refractivity contribution in [1.82, 2.24) is 29.8 Å². The molecule has 4 heterocycles. The van der Waals surface area contributed by atoms with E-state index in [0.29, 0.717) is 89.1 Å². The summed E-state index contributed by atoms with van der Waals surface area (Å²) < 4.78 is 21.4. The van der Waals surface area contributed by atoms with Gasteiger partial charge in [0.05, 0.1) is 82.6 Å². The molecule has 1 aliphatic heterocycles. The zero-order valence-electron chi connectivity index (χ0n) is 36.0. The van der Waals surface area contributed by atoms with Crippen molar-refractivity contribution in [3.05, 3.63) is 111 Å². The van der Waals surface area contributed by atoms with Gasteiger partial charge in [0, 0.05) is 91.4 Å². The number of aromatic carboxylic acids is 1. The van der Waals surface area contributed by atoms with Crippen LogP contribution in [0, 0.1) is 0 Å². The van der Waals surface area contributed by atoms with E-state index in [1.807, 2.05) is 12.1 Å². The molecule has 0 saturated carbocycles.